The predicted octanol–water partition coefficient (Wildman–Crippen LogP) is 2.52. The highest BCUT2D eigenvalue weighted by molar-refractivity contribution is 5.74. The minimum Gasteiger partial charge on any atom is -0.340 e. The van der Waals surface area contributed by atoms with Crippen LogP contribution < -0.4 is 5.32 Å². The lowest BCUT2D eigenvalue weighted by atomic mass is 9.98. The summed E-state index contributed by atoms with van der Waals surface area (Å²) in [5.74, 6) is 2.17. The van der Waals surface area contributed by atoms with E-state index in [0.717, 1.165) is 18.4 Å². The first kappa shape index (κ1) is 17.2. The van der Waals surface area contributed by atoms with Gasteiger partial charge in [0, 0.05) is 31.5 Å². The van der Waals surface area contributed by atoms with Gasteiger partial charge in [-0.25, -0.2) is 4.79 Å². The molecule has 1 aliphatic heterocycles. The summed E-state index contributed by atoms with van der Waals surface area (Å²) in [4.78, 5) is 22.9. The fraction of sp³-hybridized carbons (Fsp3) is 0.389. The minimum absolute atomic E-state index is 0.0943. The number of piperidine rings is 1. The van der Waals surface area contributed by atoms with Crippen LogP contribution in [0, 0.1) is 6.92 Å². The molecule has 0 radical (unpaired) electrons. The van der Waals surface area contributed by atoms with Gasteiger partial charge in [0.1, 0.15) is 0 Å². The second-order valence-electron chi connectivity index (χ2n) is 6.50. The van der Waals surface area contributed by atoms with Gasteiger partial charge in [-0.05, 0) is 25.0 Å². The Hall–Kier alpha value is -3.23. The number of hydrogen-bond donors (Lipinski definition) is 1. The first-order chi connectivity index (χ1) is 13.2. The van der Waals surface area contributed by atoms with Gasteiger partial charge in [0.2, 0.25) is 5.89 Å². The average molecular weight is 368 g/mol. The molecule has 1 aromatic carbocycles. The summed E-state index contributed by atoms with van der Waals surface area (Å²) in [5.41, 5.74) is 0.844. The van der Waals surface area contributed by atoms with Crippen molar-refractivity contribution in [3.8, 4) is 11.5 Å². The van der Waals surface area contributed by atoms with E-state index in [1.54, 1.807) is 11.8 Å². The van der Waals surface area contributed by atoms with Crippen molar-refractivity contribution in [2.24, 2.45) is 0 Å². The van der Waals surface area contributed by atoms with Gasteiger partial charge in [-0.2, -0.15) is 9.97 Å². The van der Waals surface area contributed by atoms with Crippen LogP contribution in [0.2, 0.25) is 0 Å². The van der Waals surface area contributed by atoms with E-state index in [1.165, 1.54) is 0 Å². The van der Waals surface area contributed by atoms with E-state index in [1.807, 2.05) is 30.3 Å². The lowest BCUT2D eigenvalue weighted by molar-refractivity contribution is 0.177. The molecule has 0 aliphatic carbocycles. The van der Waals surface area contributed by atoms with Crippen molar-refractivity contribution in [2.45, 2.75) is 32.2 Å². The van der Waals surface area contributed by atoms with Crippen LogP contribution in [-0.2, 0) is 6.54 Å². The largest absolute Gasteiger partial charge is 0.340 e. The molecule has 27 heavy (non-hydrogen) atoms. The zero-order valence-electron chi connectivity index (χ0n) is 15.0. The lowest BCUT2D eigenvalue weighted by Crippen LogP contribution is -2.45. The van der Waals surface area contributed by atoms with Crippen molar-refractivity contribution in [3.63, 3.8) is 0 Å². The molecule has 3 aromatic rings. The molecule has 1 aliphatic rings. The summed E-state index contributed by atoms with van der Waals surface area (Å²) >= 11 is 0. The van der Waals surface area contributed by atoms with Crippen LogP contribution in [0.3, 0.4) is 0 Å². The average Bonchev–Trinajstić information content (AvgIpc) is 3.36. The van der Waals surface area contributed by atoms with Crippen LogP contribution in [-0.4, -0.2) is 44.3 Å². The molecule has 0 bridgehead atoms. The van der Waals surface area contributed by atoms with Gasteiger partial charge < -0.3 is 19.3 Å². The summed E-state index contributed by atoms with van der Waals surface area (Å²) in [7, 11) is 0. The number of nitrogens with zero attached hydrogens (tertiary/aromatic N) is 5. The third-order valence-corrected chi connectivity index (χ3v) is 4.50. The summed E-state index contributed by atoms with van der Waals surface area (Å²) in [6, 6.07) is 9.35. The van der Waals surface area contributed by atoms with E-state index in [9.17, 15) is 4.79 Å². The molecule has 3 heterocycles. The molecule has 1 fully saturated rings. The third kappa shape index (κ3) is 3.97. The van der Waals surface area contributed by atoms with E-state index in [2.05, 4.69) is 25.6 Å². The van der Waals surface area contributed by atoms with Crippen molar-refractivity contribution in [1.82, 2.24) is 30.5 Å². The fourth-order valence-corrected chi connectivity index (χ4v) is 3.14. The number of aromatic nitrogens is 4. The number of hydrogen-bond acceptors (Lipinski definition) is 7. The molecule has 2 aromatic heterocycles. The number of likely N-dealkylation sites (tertiary alicyclic amines) is 1. The Morgan fingerprint density at radius 2 is 2.07 bits per heavy atom. The number of carbonyl (C=O) groups is 1. The van der Waals surface area contributed by atoms with E-state index < -0.39 is 0 Å². The molecule has 1 saturated heterocycles. The highest BCUT2D eigenvalue weighted by atomic mass is 16.5. The first-order valence-corrected chi connectivity index (χ1v) is 8.90. The summed E-state index contributed by atoms with van der Waals surface area (Å²) in [6.45, 7) is 3.23. The summed E-state index contributed by atoms with van der Waals surface area (Å²) < 4.78 is 10.3. The number of nitrogens with one attached hydrogen (secondary N) is 1. The van der Waals surface area contributed by atoms with Crippen molar-refractivity contribution in [3.05, 3.63) is 47.9 Å². The Kier molecular flexibility index (Phi) is 4.82. The van der Waals surface area contributed by atoms with Crippen LogP contribution >= 0.6 is 0 Å². The number of benzene rings is 1. The van der Waals surface area contributed by atoms with Gasteiger partial charge in [-0.15, -0.1) is 0 Å². The monoisotopic (exact) mass is 368 g/mol. The standard InChI is InChI=1S/C18H20N6O3/c1-12-20-16(23-26-12)14-8-5-9-24(11-14)18(25)19-10-15-21-17(27-22-15)13-6-3-2-4-7-13/h2-4,6-7,14H,5,8-11H2,1H3,(H,19,25)/t14-/m1/s1. The smallest absolute Gasteiger partial charge is 0.317 e. The van der Waals surface area contributed by atoms with E-state index in [0.29, 0.717) is 36.5 Å². The lowest BCUT2D eigenvalue weighted by Gasteiger charge is -2.31. The Labute approximate surface area is 155 Å². The first-order valence-electron chi connectivity index (χ1n) is 8.90. The predicted molar refractivity (Wildman–Crippen MR) is 94.6 cm³/mol. The molecule has 0 spiro atoms. The second kappa shape index (κ2) is 7.56. The summed E-state index contributed by atoms with van der Waals surface area (Å²) in [5, 5.41) is 10.8. The quantitative estimate of drug-likeness (QED) is 0.753. The molecule has 0 saturated carbocycles. The molecule has 9 heteroatoms. The van der Waals surface area contributed by atoms with Crippen LogP contribution in [0.15, 0.2) is 39.4 Å². The molecule has 2 amide bonds. The molecular weight excluding hydrogens is 348 g/mol. The van der Waals surface area contributed by atoms with Gasteiger partial charge in [0.25, 0.3) is 5.89 Å². The Morgan fingerprint density at radius 1 is 1.22 bits per heavy atom. The molecular formula is C18H20N6O3. The highest BCUT2D eigenvalue weighted by Crippen LogP contribution is 2.24. The molecule has 4 rings (SSSR count). The van der Waals surface area contributed by atoms with Gasteiger partial charge in [0.15, 0.2) is 11.6 Å². The third-order valence-electron chi connectivity index (χ3n) is 4.50. The molecule has 1 atom stereocenters. The minimum atomic E-state index is -0.161. The zero-order chi connectivity index (χ0) is 18.6. The van der Waals surface area contributed by atoms with Crippen LogP contribution in [0.25, 0.3) is 11.5 Å². The van der Waals surface area contributed by atoms with Crippen molar-refractivity contribution in [2.75, 3.05) is 13.1 Å². The van der Waals surface area contributed by atoms with E-state index in [4.69, 9.17) is 9.05 Å². The second-order valence-corrected chi connectivity index (χ2v) is 6.50. The zero-order valence-corrected chi connectivity index (χ0v) is 15.0. The maximum atomic E-state index is 12.5. The number of rotatable bonds is 4. The summed E-state index contributed by atoms with van der Waals surface area (Å²) in [6.07, 6.45) is 1.83. The van der Waals surface area contributed by atoms with Crippen molar-refractivity contribution < 1.29 is 13.8 Å². The molecule has 1 N–H and O–H groups in total. The van der Waals surface area contributed by atoms with E-state index in [-0.39, 0.29) is 18.5 Å². The number of aryl methyl sites for hydroxylation is 1. The number of urea groups is 1. The van der Waals surface area contributed by atoms with Crippen LogP contribution in [0.4, 0.5) is 4.79 Å². The van der Waals surface area contributed by atoms with Gasteiger partial charge >= 0.3 is 6.03 Å². The number of carbonyl (C=O) groups excluding carboxylic acids is 1. The normalized spacial score (nSPS) is 17.1. The van der Waals surface area contributed by atoms with Gasteiger partial charge in [-0.1, -0.05) is 28.5 Å². The molecule has 9 nitrogen and oxygen atoms in total. The number of amides is 2. The molecule has 140 valence electrons. The maximum absolute atomic E-state index is 12.5. The Morgan fingerprint density at radius 3 is 2.85 bits per heavy atom. The fourth-order valence-electron chi connectivity index (χ4n) is 3.14. The van der Waals surface area contributed by atoms with Gasteiger partial charge in [0.05, 0.1) is 6.54 Å². The Bertz CT molecular complexity index is 907. The van der Waals surface area contributed by atoms with Crippen molar-refractivity contribution >= 4 is 6.03 Å². The molecule has 0 unspecified atom stereocenters. The topological polar surface area (TPSA) is 110 Å². The van der Waals surface area contributed by atoms with Crippen LogP contribution in [0.1, 0.15) is 36.3 Å². The van der Waals surface area contributed by atoms with Crippen molar-refractivity contribution in [1.29, 1.82) is 0 Å². The maximum Gasteiger partial charge on any atom is 0.317 e. The Balaban J connectivity index is 1.33. The van der Waals surface area contributed by atoms with Crippen LogP contribution in [0.5, 0.6) is 0 Å². The van der Waals surface area contributed by atoms with Gasteiger partial charge in [-0.3, -0.25) is 0 Å². The van der Waals surface area contributed by atoms with E-state index >= 15 is 0 Å². The SMILES string of the molecule is Cc1nc([C@@H]2CCCN(C(=O)NCc3noc(-c4ccccc4)n3)C2)no1. The highest BCUT2D eigenvalue weighted by Gasteiger charge is 2.27.